The number of phenols is 2. The zero-order valence-electron chi connectivity index (χ0n) is 13.4. The van der Waals surface area contributed by atoms with Gasteiger partial charge in [0.1, 0.15) is 11.5 Å². The molecule has 1 heterocycles. The SMILES string of the molecule is CCc1cc(-c2[nH]ncc2NC(=O)c2ccccc2Cl)c(O)cc1O. The van der Waals surface area contributed by atoms with Crippen molar-refractivity contribution in [1.82, 2.24) is 10.2 Å². The van der Waals surface area contributed by atoms with Crippen LogP contribution in [0.4, 0.5) is 5.69 Å². The van der Waals surface area contributed by atoms with Crippen molar-refractivity contribution in [1.29, 1.82) is 0 Å². The summed E-state index contributed by atoms with van der Waals surface area (Å²) in [5.74, 6) is -0.487. The van der Waals surface area contributed by atoms with E-state index < -0.39 is 0 Å². The average Bonchev–Trinajstić information content (AvgIpc) is 3.03. The Kier molecular flexibility index (Phi) is 4.63. The molecule has 0 saturated heterocycles. The van der Waals surface area contributed by atoms with Gasteiger partial charge >= 0.3 is 0 Å². The number of carbonyl (C=O) groups is 1. The van der Waals surface area contributed by atoms with E-state index in [9.17, 15) is 15.0 Å². The lowest BCUT2D eigenvalue weighted by Gasteiger charge is -2.11. The number of nitrogens with one attached hydrogen (secondary N) is 2. The summed E-state index contributed by atoms with van der Waals surface area (Å²) in [6.07, 6.45) is 2.04. The molecule has 0 fully saturated rings. The molecule has 3 rings (SSSR count). The molecule has 7 heteroatoms. The van der Waals surface area contributed by atoms with Gasteiger partial charge in [-0.25, -0.2) is 0 Å². The molecule has 4 N–H and O–H groups in total. The quantitative estimate of drug-likeness (QED) is 0.568. The maximum absolute atomic E-state index is 12.4. The third-order valence-electron chi connectivity index (χ3n) is 3.85. The molecule has 0 unspecified atom stereocenters. The number of hydrogen-bond donors (Lipinski definition) is 4. The highest BCUT2D eigenvalue weighted by Gasteiger charge is 2.18. The number of nitrogens with zero attached hydrogens (tertiary/aromatic N) is 1. The summed E-state index contributed by atoms with van der Waals surface area (Å²) in [6, 6.07) is 9.63. The van der Waals surface area contributed by atoms with Crippen LogP contribution in [0.5, 0.6) is 11.5 Å². The van der Waals surface area contributed by atoms with Crippen molar-refractivity contribution in [2.75, 3.05) is 5.32 Å². The first-order chi connectivity index (χ1) is 12.0. The lowest BCUT2D eigenvalue weighted by atomic mass is 10.0. The molecule has 3 aromatic rings. The van der Waals surface area contributed by atoms with Gasteiger partial charge < -0.3 is 15.5 Å². The van der Waals surface area contributed by atoms with Crippen LogP contribution in [-0.4, -0.2) is 26.3 Å². The van der Waals surface area contributed by atoms with Crippen LogP contribution < -0.4 is 5.32 Å². The smallest absolute Gasteiger partial charge is 0.257 e. The van der Waals surface area contributed by atoms with E-state index in [1.165, 1.54) is 12.3 Å². The van der Waals surface area contributed by atoms with E-state index in [1.807, 2.05) is 6.92 Å². The van der Waals surface area contributed by atoms with Gasteiger partial charge in [-0.2, -0.15) is 5.10 Å². The van der Waals surface area contributed by atoms with Gasteiger partial charge in [0.05, 0.1) is 28.2 Å². The fraction of sp³-hybridized carbons (Fsp3) is 0.111. The van der Waals surface area contributed by atoms with Crippen molar-refractivity contribution >= 4 is 23.2 Å². The zero-order valence-corrected chi connectivity index (χ0v) is 14.1. The van der Waals surface area contributed by atoms with E-state index in [-0.39, 0.29) is 17.4 Å². The van der Waals surface area contributed by atoms with Gasteiger partial charge in [0.2, 0.25) is 0 Å². The molecule has 0 saturated carbocycles. The highest BCUT2D eigenvalue weighted by molar-refractivity contribution is 6.34. The van der Waals surface area contributed by atoms with E-state index in [0.29, 0.717) is 39.5 Å². The minimum Gasteiger partial charge on any atom is -0.508 e. The van der Waals surface area contributed by atoms with Gasteiger partial charge in [0.15, 0.2) is 0 Å². The fourth-order valence-electron chi connectivity index (χ4n) is 2.53. The largest absolute Gasteiger partial charge is 0.508 e. The number of hydrogen-bond acceptors (Lipinski definition) is 4. The Morgan fingerprint density at radius 1 is 1.24 bits per heavy atom. The van der Waals surface area contributed by atoms with Gasteiger partial charge in [-0.15, -0.1) is 0 Å². The molecule has 0 spiro atoms. The molecule has 1 amide bonds. The molecule has 25 heavy (non-hydrogen) atoms. The molecular weight excluding hydrogens is 342 g/mol. The van der Waals surface area contributed by atoms with Gasteiger partial charge in [0.25, 0.3) is 5.91 Å². The molecule has 128 valence electrons. The molecule has 0 bridgehead atoms. The summed E-state index contributed by atoms with van der Waals surface area (Å²) >= 11 is 6.05. The van der Waals surface area contributed by atoms with Gasteiger partial charge in [-0.05, 0) is 30.2 Å². The first-order valence-corrected chi connectivity index (χ1v) is 8.03. The number of amides is 1. The van der Waals surface area contributed by atoms with Crippen LogP contribution in [0.3, 0.4) is 0 Å². The van der Waals surface area contributed by atoms with Gasteiger partial charge in [-0.1, -0.05) is 30.7 Å². The lowest BCUT2D eigenvalue weighted by Crippen LogP contribution is -2.12. The van der Waals surface area contributed by atoms with Crippen LogP contribution >= 0.6 is 11.6 Å². The Hall–Kier alpha value is -2.99. The van der Waals surface area contributed by atoms with Crippen molar-refractivity contribution in [3.05, 3.63) is 58.7 Å². The predicted molar refractivity (Wildman–Crippen MR) is 96.1 cm³/mol. The normalized spacial score (nSPS) is 10.6. The second kappa shape index (κ2) is 6.86. The topological polar surface area (TPSA) is 98.2 Å². The molecule has 2 aromatic carbocycles. The first-order valence-electron chi connectivity index (χ1n) is 7.65. The van der Waals surface area contributed by atoms with E-state index >= 15 is 0 Å². The van der Waals surface area contributed by atoms with Crippen molar-refractivity contribution in [3.63, 3.8) is 0 Å². The van der Waals surface area contributed by atoms with Gasteiger partial charge in [-0.3, -0.25) is 9.89 Å². The molecule has 0 aliphatic rings. The van der Waals surface area contributed by atoms with E-state index in [2.05, 4.69) is 15.5 Å². The number of aromatic nitrogens is 2. The number of H-pyrrole nitrogens is 1. The number of aromatic hydroxyl groups is 2. The molecule has 1 aromatic heterocycles. The first kappa shape index (κ1) is 16.9. The zero-order chi connectivity index (χ0) is 18.0. The Morgan fingerprint density at radius 3 is 2.72 bits per heavy atom. The molecule has 0 aliphatic heterocycles. The maximum atomic E-state index is 12.4. The number of aromatic amines is 1. The van der Waals surface area contributed by atoms with E-state index in [0.717, 1.165) is 0 Å². The lowest BCUT2D eigenvalue weighted by molar-refractivity contribution is 0.102. The predicted octanol–water partition coefficient (Wildman–Crippen LogP) is 3.96. The minimum absolute atomic E-state index is 0.0184. The summed E-state index contributed by atoms with van der Waals surface area (Å²) in [6.45, 7) is 1.89. The van der Waals surface area contributed by atoms with Crippen molar-refractivity contribution < 1.29 is 15.0 Å². The van der Waals surface area contributed by atoms with Crippen molar-refractivity contribution in [2.45, 2.75) is 13.3 Å². The van der Waals surface area contributed by atoms with Crippen LogP contribution in [0.1, 0.15) is 22.8 Å². The van der Waals surface area contributed by atoms with Gasteiger partial charge in [0, 0.05) is 11.6 Å². The number of carbonyl (C=O) groups excluding carboxylic acids is 1. The molecule has 0 aliphatic carbocycles. The van der Waals surface area contributed by atoms with E-state index in [1.54, 1.807) is 30.3 Å². The van der Waals surface area contributed by atoms with Crippen molar-refractivity contribution in [2.24, 2.45) is 0 Å². The summed E-state index contributed by atoms with van der Waals surface area (Å²) in [5.41, 5.74) is 2.27. The number of rotatable bonds is 4. The number of anilines is 1. The maximum Gasteiger partial charge on any atom is 0.257 e. The number of halogens is 1. The molecular formula is C18H16ClN3O3. The third-order valence-corrected chi connectivity index (χ3v) is 4.18. The highest BCUT2D eigenvalue weighted by Crippen LogP contribution is 2.37. The summed E-state index contributed by atoms with van der Waals surface area (Å²) < 4.78 is 0. The molecule has 0 atom stereocenters. The van der Waals surface area contributed by atoms with Crippen molar-refractivity contribution in [3.8, 4) is 22.8 Å². The number of benzene rings is 2. The number of aryl methyl sites for hydroxylation is 1. The highest BCUT2D eigenvalue weighted by atomic mass is 35.5. The Bertz CT molecular complexity index is 937. The Labute approximate surface area is 149 Å². The molecule has 0 radical (unpaired) electrons. The third kappa shape index (κ3) is 3.29. The van der Waals surface area contributed by atoms with Crippen LogP contribution in [0.15, 0.2) is 42.6 Å². The molecule has 6 nitrogen and oxygen atoms in total. The van der Waals surface area contributed by atoms with Crippen LogP contribution in [-0.2, 0) is 6.42 Å². The minimum atomic E-state index is -0.387. The summed E-state index contributed by atoms with van der Waals surface area (Å²) in [4.78, 5) is 12.4. The standard InChI is InChI=1S/C18H16ClN3O3/c1-2-10-7-12(16(24)8-15(10)23)17-14(9-20-22-17)21-18(25)11-5-3-4-6-13(11)19/h3-9,23-24H,2H2,1H3,(H,20,22)(H,21,25). The Balaban J connectivity index is 1.97. The Morgan fingerprint density at radius 2 is 2.00 bits per heavy atom. The summed E-state index contributed by atoms with van der Waals surface area (Å²) in [7, 11) is 0. The monoisotopic (exact) mass is 357 g/mol. The second-order valence-electron chi connectivity index (χ2n) is 5.44. The van der Waals surface area contributed by atoms with Crippen LogP contribution in [0, 0.1) is 0 Å². The fourth-order valence-corrected chi connectivity index (χ4v) is 2.75. The van der Waals surface area contributed by atoms with Crippen LogP contribution in [0.2, 0.25) is 5.02 Å². The number of phenolic OH excluding ortho intramolecular Hbond substituents is 2. The average molecular weight is 358 g/mol. The second-order valence-corrected chi connectivity index (χ2v) is 5.85. The summed E-state index contributed by atoms with van der Waals surface area (Å²) in [5, 5.41) is 29.8. The van der Waals surface area contributed by atoms with E-state index in [4.69, 9.17) is 11.6 Å². The van der Waals surface area contributed by atoms with Crippen LogP contribution in [0.25, 0.3) is 11.3 Å².